The van der Waals surface area contributed by atoms with E-state index in [9.17, 15) is 4.79 Å². The molecule has 1 amide bonds. The molecule has 0 spiro atoms. The van der Waals surface area contributed by atoms with Crippen molar-refractivity contribution in [2.75, 3.05) is 5.32 Å². The van der Waals surface area contributed by atoms with Gasteiger partial charge in [-0.05, 0) is 27.6 Å². The van der Waals surface area contributed by atoms with Crippen LogP contribution in [0.25, 0.3) is 0 Å². The van der Waals surface area contributed by atoms with Crippen LogP contribution in [-0.2, 0) is 17.8 Å². The van der Waals surface area contributed by atoms with Crippen molar-refractivity contribution in [3.05, 3.63) is 96.4 Å². The maximum Gasteiger partial charge on any atom is 0.249 e. The molecule has 0 aliphatic heterocycles. The predicted octanol–water partition coefficient (Wildman–Crippen LogP) is 3.07. The Morgan fingerprint density at radius 2 is 1.70 bits per heavy atom. The molecule has 2 heterocycles. The fourth-order valence-electron chi connectivity index (χ4n) is 2.95. The number of nitrogens with one attached hydrogen (secondary N) is 1. The Morgan fingerprint density at radius 3 is 2.33 bits per heavy atom. The van der Waals surface area contributed by atoms with E-state index >= 15 is 0 Å². The molecule has 150 valence electrons. The molecule has 4 aromatic rings. The van der Waals surface area contributed by atoms with Gasteiger partial charge in [0, 0.05) is 12.5 Å². The van der Waals surface area contributed by atoms with Crippen molar-refractivity contribution < 1.29 is 9.53 Å². The van der Waals surface area contributed by atoms with Crippen LogP contribution in [0.1, 0.15) is 17.2 Å². The average molecular weight is 400 g/mol. The summed E-state index contributed by atoms with van der Waals surface area (Å²) >= 11 is 0. The summed E-state index contributed by atoms with van der Waals surface area (Å²) in [6.07, 6.45) is 3.47. The standard InChI is InChI=1S/C22H20N6O2/c29-22(20(28-16-24-26-27-28)13-17-7-3-1-4-8-17)25-19-11-12-21(23-14-19)30-15-18-9-5-2-6-10-18/h1-12,14,16,20H,13,15H2,(H,25,29). The third kappa shape index (κ3) is 5.05. The Morgan fingerprint density at radius 1 is 0.967 bits per heavy atom. The van der Waals surface area contributed by atoms with Crippen molar-refractivity contribution in [1.29, 1.82) is 0 Å². The number of tetrazole rings is 1. The average Bonchev–Trinajstić information content (AvgIpc) is 3.33. The molecule has 0 bridgehead atoms. The molecule has 0 saturated carbocycles. The van der Waals surface area contributed by atoms with E-state index in [1.54, 1.807) is 18.3 Å². The molecule has 8 nitrogen and oxygen atoms in total. The minimum Gasteiger partial charge on any atom is -0.473 e. The normalized spacial score (nSPS) is 11.6. The number of carbonyl (C=O) groups excluding carboxylic acids is 1. The summed E-state index contributed by atoms with van der Waals surface area (Å²) in [6.45, 7) is 0.429. The van der Waals surface area contributed by atoms with Crippen LogP contribution in [0.2, 0.25) is 0 Å². The van der Waals surface area contributed by atoms with Crippen LogP contribution in [0, 0.1) is 0 Å². The highest BCUT2D eigenvalue weighted by Gasteiger charge is 2.22. The van der Waals surface area contributed by atoms with Crippen LogP contribution < -0.4 is 10.1 Å². The summed E-state index contributed by atoms with van der Waals surface area (Å²) in [5.41, 5.74) is 2.64. The van der Waals surface area contributed by atoms with Crippen LogP contribution in [-0.4, -0.2) is 31.1 Å². The molecule has 4 rings (SSSR count). The number of ether oxygens (including phenoxy) is 1. The monoisotopic (exact) mass is 400 g/mol. The number of amides is 1. The zero-order valence-electron chi connectivity index (χ0n) is 16.1. The number of nitrogens with zero attached hydrogens (tertiary/aromatic N) is 5. The summed E-state index contributed by atoms with van der Waals surface area (Å²) in [5.74, 6) is 0.254. The zero-order valence-corrected chi connectivity index (χ0v) is 16.1. The van der Waals surface area contributed by atoms with Gasteiger partial charge in [0.15, 0.2) is 0 Å². The molecule has 0 aliphatic rings. The lowest BCUT2D eigenvalue weighted by atomic mass is 10.1. The van der Waals surface area contributed by atoms with Crippen LogP contribution in [0.15, 0.2) is 85.3 Å². The third-order valence-corrected chi connectivity index (χ3v) is 4.49. The maximum absolute atomic E-state index is 12.9. The van der Waals surface area contributed by atoms with Crippen molar-refractivity contribution in [1.82, 2.24) is 25.2 Å². The van der Waals surface area contributed by atoms with Crippen LogP contribution in [0.4, 0.5) is 5.69 Å². The molecule has 1 unspecified atom stereocenters. The van der Waals surface area contributed by atoms with E-state index in [1.165, 1.54) is 11.0 Å². The molecule has 30 heavy (non-hydrogen) atoms. The van der Waals surface area contributed by atoms with Crippen molar-refractivity contribution >= 4 is 11.6 Å². The molecule has 0 radical (unpaired) electrons. The summed E-state index contributed by atoms with van der Waals surface area (Å²) in [7, 11) is 0. The maximum atomic E-state index is 12.9. The lowest BCUT2D eigenvalue weighted by Gasteiger charge is -2.16. The largest absolute Gasteiger partial charge is 0.473 e. The SMILES string of the molecule is O=C(Nc1ccc(OCc2ccccc2)nc1)C(Cc1ccccc1)n1cnnn1. The first kappa shape index (κ1) is 19.3. The van der Waals surface area contributed by atoms with Gasteiger partial charge in [0.2, 0.25) is 11.8 Å². The highest BCUT2D eigenvalue weighted by Crippen LogP contribution is 2.18. The number of hydrogen-bond acceptors (Lipinski definition) is 6. The smallest absolute Gasteiger partial charge is 0.249 e. The lowest BCUT2D eigenvalue weighted by molar-refractivity contribution is -0.119. The molecule has 8 heteroatoms. The second-order valence-electron chi connectivity index (χ2n) is 6.64. The van der Waals surface area contributed by atoms with E-state index in [0.717, 1.165) is 11.1 Å². The second-order valence-corrected chi connectivity index (χ2v) is 6.64. The molecule has 0 saturated heterocycles. The van der Waals surface area contributed by atoms with Crippen LogP contribution in [0.3, 0.4) is 0 Å². The van der Waals surface area contributed by atoms with Gasteiger partial charge in [-0.15, -0.1) is 5.10 Å². The van der Waals surface area contributed by atoms with Gasteiger partial charge in [0.25, 0.3) is 0 Å². The number of carbonyl (C=O) groups is 1. The van der Waals surface area contributed by atoms with Gasteiger partial charge in [-0.25, -0.2) is 9.67 Å². The van der Waals surface area contributed by atoms with E-state index in [0.29, 0.717) is 24.6 Å². The van der Waals surface area contributed by atoms with E-state index < -0.39 is 6.04 Å². The van der Waals surface area contributed by atoms with E-state index in [1.807, 2.05) is 60.7 Å². The summed E-state index contributed by atoms with van der Waals surface area (Å²) < 4.78 is 7.13. The first-order valence-corrected chi connectivity index (χ1v) is 9.48. The van der Waals surface area contributed by atoms with Gasteiger partial charge in [-0.2, -0.15) is 0 Å². The van der Waals surface area contributed by atoms with Gasteiger partial charge >= 0.3 is 0 Å². The lowest BCUT2D eigenvalue weighted by Crippen LogP contribution is -2.28. The highest BCUT2D eigenvalue weighted by atomic mass is 16.5. The molecule has 0 fully saturated rings. The van der Waals surface area contributed by atoms with Crippen molar-refractivity contribution in [3.8, 4) is 5.88 Å². The van der Waals surface area contributed by atoms with Crippen LogP contribution >= 0.6 is 0 Å². The van der Waals surface area contributed by atoms with E-state index in [-0.39, 0.29) is 5.91 Å². The summed E-state index contributed by atoms with van der Waals surface area (Å²) in [5, 5.41) is 14.1. The Hall–Kier alpha value is -4.07. The third-order valence-electron chi connectivity index (χ3n) is 4.49. The van der Waals surface area contributed by atoms with Gasteiger partial charge in [-0.3, -0.25) is 4.79 Å². The summed E-state index contributed by atoms with van der Waals surface area (Å²) in [4.78, 5) is 17.2. The quantitative estimate of drug-likeness (QED) is 0.488. The van der Waals surface area contributed by atoms with Crippen LogP contribution in [0.5, 0.6) is 5.88 Å². The Labute approximate surface area is 173 Å². The molecule has 2 aromatic heterocycles. The zero-order chi connectivity index (χ0) is 20.6. The summed E-state index contributed by atoms with van der Waals surface area (Å²) in [6, 6.07) is 22.5. The van der Waals surface area contributed by atoms with Crippen molar-refractivity contribution in [2.45, 2.75) is 19.1 Å². The topological polar surface area (TPSA) is 94.8 Å². The molecule has 1 N–H and O–H groups in total. The fraction of sp³-hybridized carbons (Fsp3) is 0.136. The van der Waals surface area contributed by atoms with Gasteiger partial charge in [0.1, 0.15) is 19.0 Å². The first-order valence-electron chi connectivity index (χ1n) is 9.48. The Kier molecular flexibility index (Phi) is 6.05. The number of aromatic nitrogens is 5. The number of benzene rings is 2. The molecule has 0 aliphatic carbocycles. The fourth-order valence-corrected chi connectivity index (χ4v) is 2.95. The molecule has 1 atom stereocenters. The van der Waals surface area contributed by atoms with E-state index in [2.05, 4.69) is 25.8 Å². The minimum absolute atomic E-state index is 0.231. The molecular weight excluding hydrogens is 380 g/mol. The minimum atomic E-state index is -0.587. The number of hydrogen-bond donors (Lipinski definition) is 1. The van der Waals surface area contributed by atoms with Crippen molar-refractivity contribution in [3.63, 3.8) is 0 Å². The number of rotatable bonds is 8. The van der Waals surface area contributed by atoms with Gasteiger partial charge < -0.3 is 10.1 Å². The van der Waals surface area contributed by atoms with Gasteiger partial charge in [-0.1, -0.05) is 60.7 Å². The number of anilines is 1. The Bertz CT molecular complexity index is 1050. The highest BCUT2D eigenvalue weighted by molar-refractivity contribution is 5.93. The van der Waals surface area contributed by atoms with E-state index in [4.69, 9.17) is 4.74 Å². The van der Waals surface area contributed by atoms with Gasteiger partial charge in [0.05, 0.1) is 11.9 Å². The number of pyridine rings is 1. The van der Waals surface area contributed by atoms with Crippen molar-refractivity contribution in [2.24, 2.45) is 0 Å². The Balaban J connectivity index is 1.40. The molecular formula is C22H20N6O2. The molecule has 2 aromatic carbocycles. The second kappa shape index (κ2) is 9.42. The first-order chi connectivity index (χ1) is 14.8. The predicted molar refractivity (Wildman–Crippen MR) is 111 cm³/mol.